The van der Waals surface area contributed by atoms with Gasteiger partial charge in [-0.1, -0.05) is 12.1 Å². The Kier molecular flexibility index (Phi) is 7.47. The summed E-state index contributed by atoms with van der Waals surface area (Å²) in [6.45, 7) is 0.529. The van der Waals surface area contributed by atoms with Crippen LogP contribution in [0.2, 0.25) is 0 Å². The molecule has 3 amide bonds. The minimum atomic E-state index is -0.511. The molecule has 2 heterocycles. The highest BCUT2D eigenvalue weighted by atomic mass is 32.2. The topological polar surface area (TPSA) is 111 Å². The summed E-state index contributed by atoms with van der Waals surface area (Å²) in [6.07, 6.45) is 3.41. The molecule has 30 heavy (non-hydrogen) atoms. The molecule has 0 bridgehead atoms. The minimum Gasteiger partial charge on any atom is -0.482 e. The van der Waals surface area contributed by atoms with Gasteiger partial charge < -0.3 is 19.5 Å². The highest BCUT2D eigenvalue weighted by molar-refractivity contribution is 8.18. The van der Waals surface area contributed by atoms with Gasteiger partial charge >= 0.3 is 5.97 Å². The third kappa shape index (κ3) is 5.83. The van der Waals surface area contributed by atoms with Crippen LogP contribution >= 0.6 is 11.8 Å². The normalized spacial score (nSPS) is 20.0. The third-order valence-corrected chi connectivity index (χ3v) is 5.40. The van der Waals surface area contributed by atoms with Gasteiger partial charge in [-0.25, -0.2) is 4.79 Å². The van der Waals surface area contributed by atoms with E-state index in [4.69, 9.17) is 9.47 Å². The van der Waals surface area contributed by atoms with Crippen molar-refractivity contribution in [2.45, 2.75) is 18.9 Å². The van der Waals surface area contributed by atoms with Crippen LogP contribution < -0.4 is 10.1 Å². The monoisotopic (exact) mass is 434 g/mol. The van der Waals surface area contributed by atoms with Crippen LogP contribution in [0.25, 0.3) is 6.08 Å². The minimum absolute atomic E-state index is 0.0108. The first-order chi connectivity index (χ1) is 14.5. The number of nitrogens with one attached hydrogen (secondary N) is 1. The number of esters is 1. The summed E-state index contributed by atoms with van der Waals surface area (Å²) >= 11 is 0.785. The third-order valence-electron chi connectivity index (χ3n) is 4.49. The molecule has 2 aliphatic rings. The molecule has 10 heteroatoms. The van der Waals surface area contributed by atoms with Crippen molar-refractivity contribution in [3.05, 3.63) is 34.7 Å². The van der Waals surface area contributed by atoms with Crippen LogP contribution in [0.4, 0.5) is 4.79 Å². The van der Waals surface area contributed by atoms with Crippen molar-refractivity contribution in [3.63, 3.8) is 0 Å². The number of hydrogen-bond acceptors (Lipinski definition) is 8. The number of benzene rings is 1. The Bertz CT molecular complexity index is 847. The molecule has 1 atom stereocenters. The molecule has 0 saturated carbocycles. The van der Waals surface area contributed by atoms with E-state index in [-0.39, 0.29) is 24.2 Å². The first-order valence-electron chi connectivity index (χ1n) is 9.39. The Hall–Kier alpha value is -2.85. The summed E-state index contributed by atoms with van der Waals surface area (Å²) in [6, 6.07) is 6.65. The van der Waals surface area contributed by atoms with Crippen LogP contribution in [0, 0.1) is 0 Å². The highest BCUT2D eigenvalue weighted by Crippen LogP contribution is 2.32. The number of nitrogens with zero attached hydrogens (tertiary/aromatic N) is 1. The first-order valence-corrected chi connectivity index (χ1v) is 10.2. The van der Waals surface area contributed by atoms with E-state index in [1.807, 2.05) is 0 Å². The number of methoxy groups -OCH3 is 1. The maximum atomic E-state index is 12.5. The van der Waals surface area contributed by atoms with Gasteiger partial charge in [0.15, 0.2) is 6.61 Å². The number of carbonyl (C=O) groups excluding carboxylic acids is 4. The molecular formula is C20H22N2O7S. The van der Waals surface area contributed by atoms with Crippen LogP contribution in [-0.2, 0) is 23.9 Å². The van der Waals surface area contributed by atoms with Crippen molar-refractivity contribution in [2.75, 3.05) is 33.4 Å². The average molecular weight is 434 g/mol. The number of carbonyl (C=O) groups is 4. The van der Waals surface area contributed by atoms with E-state index >= 15 is 0 Å². The van der Waals surface area contributed by atoms with Crippen LogP contribution in [0.3, 0.4) is 0 Å². The molecule has 2 saturated heterocycles. The number of amides is 3. The van der Waals surface area contributed by atoms with E-state index < -0.39 is 23.0 Å². The second kappa shape index (κ2) is 10.3. The second-order valence-electron chi connectivity index (χ2n) is 6.64. The van der Waals surface area contributed by atoms with E-state index in [1.54, 1.807) is 30.3 Å². The Labute approximate surface area is 177 Å². The Balaban J connectivity index is 1.54. The molecule has 1 aromatic rings. The number of ether oxygens (including phenoxy) is 3. The van der Waals surface area contributed by atoms with Gasteiger partial charge in [0.1, 0.15) is 12.3 Å². The lowest BCUT2D eigenvalue weighted by atomic mass is 10.2. The molecule has 9 nitrogen and oxygen atoms in total. The highest BCUT2D eigenvalue weighted by Gasteiger charge is 2.36. The van der Waals surface area contributed by atoms with Crippen molar-refractivity contribution in [1.29, 1.82) is 0 Å². The lowest BCUT2D eigenvalue weighted by Gasteiger charge is -2.14. The van der Waals surface area contributed by atoms with Crippen molar-refractivity contribution in [1.82, 2.24) is 10.2 Å². The number of thioether (sulfide) groups is 1. The van der Waals surface area contributed by atoms with E-state index in [9.17, 15) is 19.2 Å². The standard InChI is InChI=1S/C20H22N2O7S/c1-27-18(24)12-29-14-6-4-13(5-7-14)9-16-19(25)22(20(26)30-16)11-17(23)21-10-15-3-2-8-28-15/h4-7,9,15H,2-3,8,10-12H2,1H3,(H,21,23)/b16-9-/t15-/m0/s1. The fraction of sp³-hybridized carbons (Fsp3) is 0.400. The SMILES string of the molecule is COC(=O)COc1ccc(/C=C2\SC(=O)N(CC(=O)NC[C@@H]3CCCO3)C2=O)cc1. The van der Waals surface area contributed by atoms with E-state index in [0.29, 0.717) is 24.5 Å². The zero-order valence-corrected chi connectivity index (χ0v) is 17.2. The molecule has 1 N–H and O–H groups in total. The molecule has 0 aromatic heterocycles. The first kappa shape index (κ1) is 21.8. The second-order valence-corrected chi connectivity index (χ2v) is 7.63. The van der Waals surface area contributed by atoms with Crippen molar-refractivity contribution < 1.29 is 33.4 Å². The van der Waals surface area contributed by atoms with Crippen LogP contribution in [0.1, 0.15) is 18.4 Å². The molecule has 0 unspecified atom stereocenters. The number of hydrogen-bond donors (Lipinski definition) is 1. The van der Waals surface area contributed by atoms with E-state index in [0.717, 1.165) is 29.5 Å². The summed E-state index contributed by atoms with van der Waals surface area (Å²) < 4.78 is 15.2. The van der Waals surface area contributed by atoms with Crippen molar-refractivity contribution in [2.24, 2.45) is 0 Å². The van der Waals surface area contributed by atoms with Gasteiger partial charge in [-0.3, -0.25) is 19.3 Å². The Morgan fingerprint density at radius 2 is 2.07 bits per heavy atom. The predicted molar refractivity (Wildman–Crippen MR) is 109 cm³/mol. The lowest BCUT2D eigenvalue weighted by Crippen LogP contribution is -2.41. The summed E-state index contributed by atoms with van der Waals surface area (Å²) in [5.74, 6) is -0.939. The maximum absolute atomic E-state index is 12.5. The van der Waals surface area contributed by atoms with Crippen LogP contribution in [0.5, 0.6) is 5.75 Å². The Morgan fingerprint density at radius 3 is 2.73 bits per heavy atom. The van der Waals surface area contributed by atoms with Gasteiger partial charge in [0.2, 0.25) is 5.91 Å². The summed E-state index contributed by atoms with van der Waals surface area (Å²) in [5, 5.41) is 2.21. The van der Waals surface area contributed by atoms with E-state index in [2.05, 4.69) is 10.1 Å². The molecule has 1 aromatic carbocycles. The van der Waals surface area contributed by atoms with Crippen molar-refractivity contribution in [3.8, 4) is 5.75 Å². The summed E-state index contributed by atoms with van der Waals surface area (Å²) in [5.41, 5.74) is 0.675. The molecule has 0 spiro atoms. The molecule has 3 rings (SSSR count). The molecular weight excluding hydrogens is 412 g/mol. The Morgan fingerprint density at radius 1 is 1.30 bits per heavy atom. The van der Waals surface area contributed by atoms with Crippen molar-refractivity contribution >= 4 is 40.9 Å². The van der Waals surface area contributed by atoms with Gasteiger partial charge in [0.25, 0.3) is 11.1 Å². The zero-order valence-electron chi connectivity index (χ0n) is 16.4. The van der Waals surface area contributed by atoms with Gasteiger partial charge in [0.05, 0.1) is 18.1 Å². The molecule has 160 valence electrons. The summed E-state index contributed by atoms with van der Waals surface area (Å²) in [7, 11) is 1.27. The van der Waals surface area contributed by atoms with Gasteiger partial charge in [-0.15, -0.1) is 0 Å². The van der Waals surface area contributed by atoms with Gasteiger partial charge in [-0.05, 0) is 48.4 Å². The lowest BCUT2D eigenvalue weighted by molar-refractivity contribution is -0.142. The average Bonchev–Trinajstić information content (AvgIpc) is 3.35. The van der Waals surface area contributed by atoms with Crippen LogP contribution in [-0.4, -0.2) is 67.4 Å². The van der Waals surface area contributed by atoms with Gasteiger partial charge in [0, 0.05) is 13.2 Å². The summed E-state index contributed by atoms with van der Waals surface area (Å²) in [4.78, 5) is 49.0. The number of imide groups is 1. The fourth-order valence-corrected chi connectivity index (χ4v) is 3.72. The van der Waals surface area contributed by atoms with Crippen LogP contribution in [0.15, 0.2) is 29.2 Å². The predicted octanol–water partition coefficient (Wildman–Crippen LogP) is 1.57. The molecule has 0 radical (unpaired) electrons. The largest absolute Gasteiger partial charge is 0.482 e. The molecule has 0 aliphatic carbocycles. The molecule has 2 aliphatic heterocycles. The molecule has 2 fully saturated rings. The smallest absolute Gasteiger partial charge is 0.343 e. The zero-order chi connectivity index (χ0) is 21.5. The number of rotatable bonds is 8. The fourth-order valence-electron chi connectivity index (χ4n) is 2.88. The maximum Gasteiger partial charge on any atom is 0.343 e. The van der Waals surface area contributed by atoms with Gasteiger partial charge in [-0.2, -0.15) is 0 Å². The quantitative estimate of drug-likeness (QED) is 0.485. The van der Waals surface area contributed by atoms with E-state index in [1.165, 1.54) is 7.11 Å².